The largest absolute Gasteiger partial charge is 0.493 e. The Morgan fingerprint density at radius 1 is 0.500 bits per heavy atom. The van der Waals surface area contributed by atoms with Crippen molar-refractivity contribution in [1.82, 2.24) is 0 Å². The first kappa shape index (κ1) is 34.8. The van der Waals surface area contributed by atoms with Crippen LogP contribution in [0.4, 0.5) is 0 Å². The Morgan fingerprint density at radius 3 is 1.03 bits per heavy atom. The summed E-state index contributed by atoms with van der Waals surface area (Å²) in [4.78, 5) is 24.1. The summed E-state index contributed by atoms with van der Waals surface area (Å²) in [5.74, 6) is 0.576. The van der Waals surface area contributed by atoms with E-state index in [0.717, 1.165) is 25.7 Å². The van der Waals surface area contributed by atoms with Crippen LogP contribution < -0.4 is 9.47 Å². The topological polar surface area (TPSA) is 52.6 Å². The highest BCUT2D eigenvalue weighted by atomic mass is 35.5. The molecule has 0 aromatic heterocycles. The quantitative estimate of drug-likeness (QED) is 0.0820. The van der Waals surface area contributed by atoms with E-state index in [-0.39, 0.29) is 22.6 Å². The van der Waals surface area contributed by atoms with E-state index >= 15 is 0 Å². The van der Waals surface area contributed by atoms with E-state index in [1.165, 1.54) is 115 Å². The second kappa shape index (κ2) is 23.6. The van der Waals surface area contributed by atoms with Crippen LogP contribution in [0.5, 0.6) is 11.5 Å². The van der Waals surface area contributed by atoms with Gasteiger partial charge in [-0.05, 0) is 48.2 Å². The smallest absolute Gasteiger partial charge is 0.256 e. The number of ether oxygens (including phenoxy) is 2. The van der Waals surface area contributed by atoms with Gasteiger partial charge in [-0.1, -0.05) is 129 Å². The SMILES string of the molecule is CCCCCCCCCCCCOc1cc(C(=O)Cl)c(OCCCCCCCCCCCC)cc1C(=O)Cl. The van der Waals surface area contributed by atoms with Crippen molar-refractivity contribution in [3.63, 3.8) is 0 Å². The van der Waals surface area contributed by atoms with Gasteiger partial charge in [0.25, 0.3) is 10.5 Å². The number of hydrogen-bond donors (Lipinski definition) is 0. The van der Waals surface area contributed by atoms with E-state index in [1.54, 1.807) is 0 Å². The Balaban J connectivity index is 2.41. The summed E-state index contributed by atoms with van der Waals surface area (Å²) >= 11 is 11.7. The van der Waals surface area contributed by atoms with Crippen molar-refractivity contribution in [3.8, 4) is 11.5 Å². The summed E-state index contributed by atoms with van der Waals surface area (Å²) < 4.78 is 11.7. The van der Waals surface area contributed by atoms with Gasteiger partial charge < -0.3 is 9.47 Å². The first-order chi connectivity index (χ1) is 18.5. The van der Waals surface area contributed by atoms with Gasteiger partial charge in [0.05, 0.1) is 24.3 Å². The maximum atomic E-state index is 12.1. The number of carbonyl (C=O) groups excluding carboxylic acids is 2. The molecule has 1 rings (SSSR count). The van der Waals surface area contributed by atoms with Gasteiger partial charge in [0.1, 0.15) is 11.5 Å². The van der Waals surface area contributed by atoms with E-state index in [2.05, 4.69) is 13.8 Å². The lowest BCUT2D eigenvalue weighted by atomic mass is 10.1. The third-order valence-corrected chi connectivity index (χ3v) is 7.42. The van der Waals surface area contributed by atoms with E-state index in [4.69, 9.17) is 32.7 Å². The van der Waals surface area contributed by atoms with Crippen molar-refractivity contribution in [3.05, 3.63) is 23.3 Å². The molecule has 0 aliphatic rings. The third kappa shape index (κ3) is 16.6. The molecule has 0 spiro atoms. The summed E-state index contributed by atoms with van der Waals surface area (Å²) in [5, 5.41) is -1.28. The minimum atomic E-state index is -0.638. The maximum absolute atomic E-state index is 12.1. The Bertz CT molecular complexity index is 702. The van der Waals surface area contributed by atoms with E-state index in [1.807, 2.05) is 0 Å². The first-order valence-electron chi connectivity index (χ1n) is 15.3. The van der Waals surface area contributed by atoms with Crippen LogP contribution in [0.1, 0.15) is 163 Å². The minimum absolute atomic E-state index is 0.207. The number of rotatable bonds is 26. The second-order valence-electron chi connectivity index (χ2n) is 10.5. The number of unbranched alkanes of at least 4 members (excludes halogenated alkanes) is 18. The molecule has 1 aromatic rings. The van der Waals surface area contributed by atoms with Gasteiger partial charge in [-0.15, -0.1) is 0 Å². The van der Waals surface area contributed by atoms with Crippen molar-refractivity contribution >= 4 is 33.7 Å². The fourth-order valence-corrected chi connectivity index (χ4v) is 4.94. The minimum Gasteiger partial charge on any atom is -0.493 e. The Hall–Kier alpha value is -1.26. The summed E-state index contributed by atoms with van der Waals surface area (Å²) in [5.41, 5.74) is 0.414. The predicted molar refractivity (Wildman–Crippen MR) is 161 cm³/mol. The van der Waals surface area contributed by atoms with E-state index < -0.39 is 10.5 Å². The average Bonchev–Trinajstić information content (AvgIpc) is 2.90. The molecule has 0 amide bonds. The highest BCUT2D eigenvalue weighted by Crippen LogP contribution is 2.32. The summed E-state index contributed by atoms with van der Waals surface area (Å²) in [6.07, 6.45) is 24.6. The van der Waals surface area contributed by atoms with Crippen LogP contribution >= 0.6 is 23.2 Å². The fourth-order valence-electron chi connectivity index (χ4n) is 4.65. The van der Waals surface area contributed by atoms with Crippen molar-refractivity contribution in [1.29, 1.82) is 0 Å². The van der Waals surface area contributed by atoms with Crippen LogP contribution in [0.25, 0.3) is 0 Å². The standard InChI is InChI=1S/C32H52Cl2O4/c1-3-5-7-9-11-13-15-17-19-21-23-37-29-25-28(32(34)36)30(26-27(29)31(33)35)38-24-22-20-18-16-14-12-10-8-6-4-2/h25-26H,3-24H2,1-2H3. The van der Waals surface area contributed by atoms with Crippen LogP contribution in [0.15, 0.2) is 12.1 Å². The lowest BCUT2D eigenvalue weighted by molar-refractivity contribution is 0.106. The lowest BCUT2D eigenvalue weighted by Crippen LogP contribution is -2.07. The molecule has 6 heteroatoms. The molecule has 0 bridgehead atoms. The first-order valence-corrected chi connectivity index (χ1v) is 16.1. The molecule has 1 aromatic carbocycles. The average molecular weight is 572 g/mol. The fraction of sp³-hybridized carbons (Fsp3) is 0.750. The molecular weight excluding hydrogens is 519 g/mol. The molecule has 0 aliphatic carbocycles. The molecule has 0 radical (unpaired) electrons. The molecule has 0 saturated carbocycles. The summed E-state index contributed by atoms with van der Waals surface area (Å²) in [6, 6.07) is 2.99. The third-order valence-electron chi connectivity index (χ3n) is 7.02. The zero-order chi connectivity index (χ0) is 27.8. The molecule has 0 saturated heterocycles. The van der Waals surface area contributed by atoms with Gasteiger partial charge in [0, 0.05) is 0 Å². The Kier molecular flexibility index (Phi) is 21.6. The highest BCUT2D eigenvalue weighted by Gasteiger charge is 2.20. The van der Waals surface area contributed by atoms with Gasteiger partial charge in [-0.25, -0.2) is 0 Å². The summed E-state index contributed by atoms with van der Waals surface area (Å²) in [7, 11) is 0. The maximum Gasteiger partial charge on any atom is 0.256 e. The predicted octanol–water partition coefficient (Wildman–Crippen LogP) is 11.0. The van der Waals surface area contributed by atoms with Gasteiger partial charge in [-0.2, -0.15) is 0 Å². The van der Waals surface area contributed by atoms with Crippen LogP contribution in [0.3, 0.4) is 0 Å². The molecular formula is C32H52Cl2O4. The van der Waals surface area contributed by atoms with Crippen molar-refractivity contribution in [2.75, 3.05) is 13.2 Å². The molecule has 0 fully saturated rings. The van der Waals surface area contributed by atoms with Crippen LogP contribution in [0.2, 0.25) is 0 Å². The van der Waals surface area contributed by atoms with Crippen LogP contribution in [-0.2, 0) is 0 Å². The van der Waals surface area contributed by atoms with Gasteiger partial charge in [-0.3, -0.25) is 9.59 Å². The number of hydrogen-bond acceptors (Lipinski definition) is 4. The van der Waals surface area contributed by atoms with E-state index in [9.17, 15) is 9.59 Å². The normalized spacial score (nSPS) is 11.1. The van der Waals surface area contributed by atoms with Gasteiger partial charge >= 0.3 is 0 Å². The Labute approximate surface area is 242 Å². The van der Waals surface area contributed by atoms with Crippen molar-refractivity contribution in [2.24, 2.45) is 0 Å². The molecule has 0 heterocycles. The van der Waals surface area contributed by atoms with Crippen molar-refractivity contribution in [2.45, 2.75) is 142 Å². The highest BCUT2D eigenvalue weighted by molar-refractivity contribution is 6.69. The molecule has 0 N–H and O–H groups in total. The van der Waals surface area contributed by atoms with E-state index in [0.29, 0.717) is 13.2 Å². The number of halogens is 2. The Morgan fingerprint density at radius 2 is 0.763 bits per heavy atom. The van der Waals surface area contributed by atoms with Gasteiger partial charge in [0.2, 0.25) is 0 Å². The number of carbonyl (C=O) groups is 2. The zero-order valence-electron chi connectivity index (χ0n) is 24.1. The number of benzene rings is 1. The molecule has 0 unspecified atom stereocenters. The molecule has 218 valence electrons. The molecule has 0 atom stereocenters. The van der Waals surface area contributed by atoms with Crippen LogP contribution in [0, 0.1) is 0 Å². The molecule has 4 nitrogen and oxygen atoms in total. The van der Waals surface area contributed by atoms with Gasteiger partial charge in [0.15, 0.2) is 0 Å². The monoisotopic (exact) mass is 570 g/mol. The summed E-state index contributed by atoms with van der Waals surface area (Å²) in [6.45, 7) is 5.40. The van der Waals surface area contributed by atoms with Crippen LogP contribution in [-0.4, -0.2) is 23.7 Å². The molecule has 38 heavy (non-hydrogen) atoms. The molecule has 0 aliphatic heterocycles. The lowest BCUT2D eigenvalue weighted by Gasteiger charge is -2.15. The van der Waals surface area contributed by atoms with Crippen molar-refractivity contribution < 1.29 is 19.1 Å². The zero-order valence-corrected chi connectivity index (χ0v) is 25.6. The second-order valence-corrected chi connectivity index (χ2v) is 11.1.